The van der Waals surface area contributed by atoms with Gasteiger partial charge in [0.05, 0.1) is 0 Å². The van der Waals surface area contributed by atoms with Gasteiger partial charge in [0.25, 0.3) is 0 Å². The van der Waals surface area contributed by atoms with Crippen LogP contribution in [0, 0.1) is 6.92 Å². The molecule has 0 fully saturated rings. The molecular weight excluding hydrogens is 286 g/mol. The van der Waals surface area contributed by atoms with Gasteiger partial charge in [0.2, 0.25) is 11.8 Å². The van der Waals surface area contributed by atoms with E-state index in [0.29, 0.717) is 16.8 Å². The number of nitrogens with zero attached hydrogens (tertiary/aromatic N) is 2. The zero-order valence-corrected chi connectivity index (χ0v) is 13.8. The van der Waals surface area contributed by atoms with Crippen molar-refractivity contribution in [2.75, 3.05) is 6.54 Å². The molecule has 2 rings (SSSR count). The molecule has 0 bridgehead atoms. The summed E-state index contributed by atoms with van der Waals surface area (Å²) >= 11 is 6.12. The van der Waals surface area contributed by atoms with E-state index in [-0.39, 0.29) is 5.54 Å². The Morgan fingerprint density at radius 2 is 2.00 bits per heavy atom. The van der Waals surface area contributed by atoms with E-state index < -0.39 is 0 Å². The van der Waals surface area contributed by atoms with Crippen LogP contribution in [0.3, 0.4) is 0 Å². The molecular formula is C16H22ClN3O. The lowest BCUT2D eigenvalue weighted by atomic mass is 10.1. The first kappa shape index (κ1) is 16.0. The predicted octanol–water partition coefficient (Wildman–Crippen LogP) is 4.02. The molecule has 0 saturated carbocycles. The summed E-state index contributed by atoms with van der Waals surface area (Å²) in [6.07, 6.45) is 1.74. The zero-order valence-electron chi connectivity index (χ0n) is 13.0. The van der Waals surface area contributed by atoms with Gasteiger partial charge in [-0.05, 0) is 58.4 Å². The topological polar surface area (TPSA) is 51.0 Å². The van der Waals surface area contributed by atoms with Crippen molar-refractivity contribution in [1.29, 1.82) is 0 Å². The van der Waals surface area contributed by atoms with Gasteiger partial charge < -0.3 is 9.73 Å². The van der Waals surface area contributed by atoms with Crippen LogP contribution in [0.2, 0.25) is 5.02 Å². The number of halogens is 1. The number of hydrogen-bond acceptors (Lipinski definition) is 4. The molecule has 2 aromatic rings. The van der Waals surface area contributed by atoms with Crippen LogP contribution in [0.4, 0.5) is 0 Å². The van der Waals surface area contributed by atoms with Crippen LogP contribution in [-0.2, 0) is 6.42 Å². The van der Waals surface area contributed by atoms with Gasteiger partial charge in [-0.1, -0.05) is 17.7 Å². The van der Waals surface area contributed by atoms with E-state index in [1.807, 2.05) is 25.1 Å². The Bertz CT molecular complexity index is 602. The molecule has 1 aromatic heterocycles. The summed E-state index contributed by atoms with van der Waals surface area (Å²) in [6.45, 7) is 9.34. The minimum atomic E-state index is 0.137. The Morgan fingerprint density at radius 3 is 2.71 bits per heavy atom. The Hall–Kier alpha value is -1.39. The summed E-state index contributed by atoms with van der Waals surface area (Å²) < 4.78 is 5.73. The third kappa shape index (κ3) is 4.55. The van der Waals surface area contributed by atoms with Gasteiger partial charge in [0, 0.05) is 22.5 Å². The van der Waals surface area contributed by atoms with Crippen molar-refractivity contribution in [3.05, 3.63) is 34.7 Å². The summed E-state index contributed by atoms with van der Waals surface area (Å²) in [5.41, 5.74) is 2.00. The third-order valence-corrected chi connectivity index (χ3v) is 3.60. The van der Waals surface area contributed by atoms with Gasteiger partial charge in [-0.3, -0.25) is 0 Å². The van der Waals surface area contributed by atoms with Crippen molar-refractivity contribution in [2.24, 2.45) is 0 Å². The maximum absolute atomic E-state index is 6.12. The Labute approximate surface area is 130 Å². The molecule has 1 N–H and O–H groups in total. The molecule has 0 aliphatic rings. The second-order valence-corrected chi connectivity index (χ2v) is 6.60. The largest absolute Gasteiger partial charge is 0.421 e. The molecule has 0 radical (unpaired) electrons. The lowest BCUT2D eigenvalue weighted by molar-refractivity contribution is 0.412. The van der Waals surface area contributed by atoms with Crippen molar-refractivity contribution in [1.82, 2.24) is 15.5 Å². The van der Waals surface area contributed by atoms with Crippen LogP contribution in [0.15, 0.2) is 22.6 Å². The third-order valence-electron chi connectivity index (χ3n) is 3.19. The van der Waals surface area contributed by atoms with Gasteiger partial charge >= 0.3 is 0 Å². The molecule has 0 saturated heterocycles. The van der Waals surface area contributed by atoms with E-state index in [9.17, 15) is 0 Å². The molecule has 0 aliphatic heterocycles. The average Bonchev–Trinajstić information content (AvgIpc) is 2.85. The second-order valence-electron chi connectivity index (χ2n) is 6.19. The molecule has 1 heterocycles. The highest BCUT2D eigenvalue weighted by molar-refractivity contribution is 6.31. The highest BCUT2D eigenvalue weighted by Gasteiger charge is 2.13. The highest BCUT2D eigenvalue weighted by Crippen LogP contribution is 2.27. The maximum Gasteiger partial charge on any atom is 0.248 e. The molecule has 114 valence electrons. The quantitative estimate of drug-likeness (QED) is 0.848. The number of nitrogens with one attached hydrogen (secondary N) is 1. The fourth-order valence-corrected chi connectivity index (χ4v) is 2.18. The number of rotatable bonds is 5. The van der Waals surface area contributed by atoms with Gasteiger partial charge in [-0.15, -0.1) is 10.2 Å². The number of benzene rings is 1. The van der Waals surface area contributed by atoms with Crippen LogP contribution in [0.25, 0.3) is 11.5 Å². The second kappa shape index (κ2) is 6.58. The molecule has 4 nitrogen and oxygen atoms in total. The summed E-state index contributed by atoms with van der Waals surface area (Å²) in [4.78, 5) is 0. The van der Waals surface area contributed by atoms with Crippen LogP contribution in [0.1, 0.15) is 38.6 Å². The average molecular weight is 308 g/mol. The molecule has 0 spiro atoms. The van der Waals surface area contributed by atoms with Crippen LogP contribution >= 0.6 is 11.6 Å². The first-order chi connectivity index (χ1) is 9.87. The molecule has 0 amide bonds. The Kier molecular flexibility index (Phi) is 5.01. The molecule has 0 unspecified atom stereocenters. The van der Waals surface area contributed by atoms with Crippen molar-refractivity contribution in [2.45, 2.75) is 46.1 Å². The van der Waals surface area contributed by atoms with E-state index in [1.54, 1.807) is 0 Å². The van der Waals surface area contributed by atoms with E-state index in [1.165, 1.54) is 0 Å². The smallest absolute Gasteiger partial charge is 0.248 e. The predicted molar refractivity (Wildman–Crippen MR) is 85.6 cm³/mol. The van der Waals surface area contributed by atoms with Gasteiger partial charge in [0.1, 0.15) is 0 Å². The molecule has 0 aliphatic carbocycles. The minimum Gasteiger partial charge on any atom is -0.421 e. The lowest BCUT2D eigenvalue weighted by Gasteiger charge is -2.19. The molecule has 0 atom stereocenters. The first-order valence-corrected chi connectivity index (χ1v) is 7.57. The van der Waals surface area contributed by atoms with Crippen LogP contribution in [-0.4, -0.2) is 22.3 Å². The standard InChI is InChI=1S/C16H22ClN3O/c1-11-12(7-5-8-13(11)17)15-20-19-14(21-15)9-6-10-18-16(2,3)4/h5,7-8,18H,6,9-10H2,1-4H3. The van der Waals surface area contributed by atoms with E-state index in [0.717, 1.165) is 30.5 Å². The van der Waals surface area contributed by atoms with Crippen molar-refractivity contribution < 1.29 is 4.42 Å². The summed E-state index contributed by atoms with van der Waals surface area (Å²) in [6, 6.07) is 5.69. The number of aromatic nitrogens is 2. The van der Waals surface area contributed by atoms with E-state index in [4.69, 9.17) is 16.0 Å². The SMILES string of the molecule is Cc1c(Cl)cccc1-c1nnc(CCCNC(C)(C)C)o1. The number of hydrogen-bond donors (Lipinski definition) is 1. The fourth-order valence-electron chi connectivity index (χ4n) is 2.01. The molecule has 5 heteroatoms. The number of aryl methyl sites for hydroxylation is 1. The molecule has 21 heavy (non-hydrogen) atoms. The summed E-state index contributed by atoms with van der Waals surface area (Å²) in [5.74, 6) is 1.20. The minimum absolute atomic E-state index is 0.137. The van der Waals surface area contributed by atoms with E-state index in [2.05, 4.69) is 36.3 Å². The van der Waals surface area contributed by atoms with E-state index >= 15 is 0 Å². The lowest BCUT2D eigenvalue weighted by Crippen LogP contribution is -2.36. The van der Waals surface area contributed by atoms with Crippen LogP contribution < -0.4 is 5.32 Å². The molecule has 1 aromatic carbocycles. The van der Waals surface area contributed by atoms with Crippen molar-refractivity contribution in [3.8, 4) is 11.5 Å². The Morgan fingerprint density at radius 1 is 1.24 bits per heavy atom. The van der Waals surface area contributed by atoms with Crippen molar-refractivity contribution in [3.63, 3.8) is 0 Å². The normalized spacial score (nSPS) is 11.9. The van der Waals surface area contributed by atoms with Crippen molar-refractivity contribution >= 4 is 11.6 Å². The first-order valence-electron chi connectivity index (χ1n) is 7.20. The van der Waals surface area contributed by atoms with Gasteiger partial charge in [0.15, 0.2) is 0 Å². The van der Waals surface area contributed by atoms with Gasteiger partial charge in [-0.2, -0.15) is 0 Å². The zero-order chi connectivity index (χ0) is 15.5. The summed E-state index contributed by atoms with van der Waals surface area (Å²) in [5, 5.41) is 12.4. The Balaban J connectivity index is 1.97. The van der Waals surface area contributed by atoms with Crippen LogP contribution in [0.5, 0.6) is 0 Å². The summed E-state index contributed by atoms with van der Waals surface area (Å²) in [7, 11) is 0. The monoisotopic (exact) mass is 307 g/mol. The maximum atomic E-state index is 6.12. The fraction of sp³-hybridized carbons (Fsp3) is 0.500. The van der Waals surface area contributed by atoms with Gasteiger partial charge in [-0.25, -0.2) is 0 Å². The highest BCUT2D eigenvalue weighted by atomic mass is 35.5.